The van der Waals surface area contributed by atoms with Crippen molar-refractivity contribution in [3.05, 3.63) is 41.1 Å². The van der Waals surface area contributed by atoms with Gasteiger partial charge in [0.1, 0.15) is 5.75 Å². The van der Waals surface area contributed by atoms with Crippen LogP contribution in [0.15, 0.2) is 35.5 Å². The third kappa shape index (κ3) is 2.00. The minimum absolute atomic E-state index is 0.0103. The predicted octanol–water partition coefficient (Wildman–Crippen LogP) is 1.10. The molecule has 0 bridgehead atoms. The molecule has 1 aromatic rings. The molecule has 1 unspecified atom stereocenters. The lowest BCUT2D eigenvalue weighted by atomic mass is 9.95. The van der Waals surface area contributed by atoms with Gasteiger partial charge in [-0.2, -0.15) is 0 Å². The summed E-state index contributed by atoms with van der Waals surface area (Å²) in [5.41, 5.74) is 0.625. The number of carboxylic acids is 1. The van der Waals surface area contributed by atoms with Crippen LogP contribution in [0.2, 0.25) is 0 Å². The number of hydrogen-bond donors (Lipinski definition) is 4. The molecule has 94 valence electrons. The molecule has 0 spiro atoms. The summed E-state index contributed by atoms with van der Waals surface area (Å²) in [5.74, 6) is -1.20. The SMILES string of the molecule is CC1=C(C(=O)O)C(c2ccccc2O)NC(=O)N1. The fourth-order valence-electron chi connectivity index (χ4n) is 1.94. The van der Waals surface area contributed by atoms with Crippen LogP contribution < -0.4 is 10.6 Å². The first-order valence-corrected chi connectivity index (χ1v) is 5.30. The molecule has 0 radical (unpaired) electrons. The third-order valence-electron chi connectivity index (χ3n) is 2.75. The van der Waals surface area contributed by atoms with Crippen molar-refractivity contribution in [1.82, 2.24) is 10.6 Å². The number of aliphatic carboxylic acids is 1. The second-order valence-electron chi connectivity index (χ2n) is 3.93. The van der Waals surface area contributed by atoms with E-state index in [1.54, 1.807) is 18.2 Å². The van der Waals surface area contributed by atoms with Crippen molar-refractivity contribution < 1.29 is 19.8 Å². The predicted molar refractivity (Wildman–Crippen MR) is 62.9 cm³/mol. The van der Waals surface area contributed by atoms with Crippen LogP contribution in [0.3, 0.4) is 0 Å². The summed E-state index contributed by atoms with van der Waals surface area (Å²) in [6.07, 6.45) is 0. The van der Waals surface area contributed by atoms with Crippen molar-refractivity contribution in [2.45, 2.75) is 13.0 Å². The van der Waals surface area contributed by atoms with Crippen molar-refractivity contribution in [2.75, 3.05) is 0 Å². The average Bonchev–Trinajstić information content (AvgIpc) is 2.27. The molecular weight excluding hydrogens is 236 g/mol. The van der Waals surface area contributed by atoms with Gasteiger partial charge in [-0.3, -0.25) is 0 Å². The molecule has 1 atom stereocenters. The number of rotatable bonds is 2. The van der Waals surface area contributed by atoms with E-state index >= 15 is 0 Å². The monoisotopic (exact) mass is 248 g/mol. The minimum atomic E-state index is -1.15. The Balaban J connectivity index is 2.54. The Kier molecular flexibility index (Phi) is 2.93. The van der Waals surface area contributed by atoms with Crippen LogP contribution in [-0.2, 0) is 4.79 Å². The number of para-hydroxylation sites is 1. The lowest BCUT2D eigenvalue weighted by Gasteiger charge is -2.27. The highest BCUT2D eigenvalue weighted by atomic mass is 16.4. The van der Waals surface area contributed by atoms with Gasteiger partial charge in [0, 0.05) is 11.3 Å². The number of carboxylic acid groups (broad SMARTS) is 1. The number of carbonyl (C=O) groups is 2. The molecule has 18 heavy (non-hydrogen) atoms. The number of urea groups is 1. The molecule has 4 N–H and O–H groups in total. The summed E-state index contributed by atoms with van der Waals surface area (Å²) in [6.45, 7) is 1.51. The summed E-state index contributed by atoms with van der Waals surface area (Å²) in [6, 6.07) is 4.94. The first kappa shape index (κ1) is 12.0. The zero-order valence-corrected chi connectivity index (χ0v) is 9.60. The van der Waals surface area contributed by atoms with Crippen molar-refractivity contribution in [2.24, 2.45) is 0 Å². The van der Waals surface area contributed by atoms with Gasteiger partial charge in [-0.1, -0.05) is 18.2 Å². The number of allylic oxidation sites excluding steroid dienone is 1. The standard InChI is InChI=1S/C12H12N2O4/c1-6-9(11(16)17)10(14-12(18)13-6)7-4-2-3-5-8(7)15/h2-5,10,15H,1H3,(H,16,17)(H2,13,14,18). The van der Waals surface area contributed by atoms with Crippen LogP contribution in [0.4, 0.5) is 4.79 Å². The molecule has 1 aliphatic rings. The maximum atomic E-state index is 11.4. The highest BCUT2D eigenvalue weighted by Gasteiger charge is 2.32. The maximum Gasteiger partial charge on any atom is 0.335 e. The second kappa shape index (κ2) is 4.40. The van der Waals surface area contributed by atoms with Crippen LogP contribution in [0, 0.1) is 0 Å². The van der Waals surface area contributed by atoms with Crippen LogP contribution in [0.5, 0.6) is 5.75 Å². The van der Waals surface area contributed by atoms with Gasteiger partial charge in [-0.25, -0.2) is 9.59 Å². The largest absolute Gasteiger partial charge is 0.508 e. The molecule has 1 aromatic carbocycles. The molecule has 0 saturated heterocycles. The summed E-state index contributed by atoms with van der Waals surface area (Å²) in [4.78, 5) is 22.6. The number of benzene rings is 1. The molecule has 6 heteroatoms. The maximum absolute atomic E-state index is 11.4. The first-order chi connectivity index (χ1) is 8.50. The van der Waals surface area contributed by atoms with Crippen molar-refractivity contribution in [1.29, 1.82) is 0 Å². The molecule has 0 fully saturated rings. The van der Waals surface area contributed by atoms with Crippen LogP contribution >= 0.6 is 0 Å². The van der Waals surface area contributed by atoms with Gasteiger partial charge in [0.2, 0.25) is 0 Å². The van der Waals surface area contributed by atoms with Crippen molar-refractivity contribution in [3.63, 3.8) is 0 Å². The van der Waals surface area contributed by atoms with Crippen LogP contribution in [0.25, 0.3) is 0 Å². The highest BCUT2D eigenvalue weighted by Crippen LogP contribution is 2.31. The normalized spacial score (nSPS) is 19.2. The molecule has 1 aliphatic heterocycles. The molecule has 2 rings (SSSR count). The fraction of sp³-hybridized carbons (Fsp3) is 0.167. The Hall–Kier alpha value is -2.50. The van der Waals surface area contributed by atoms with Crippen molar-refractivity contribution in [3.8, 4) is 5.75 Å². The van der Waals surface area contributed by atoms with Gasteiger partial charge < -0.3 is 20.8 Å². The van der Waals surface area contributed by atoms with Gasteiger partial charge in [0.25, 0.3) is 0 Å². The van der Waals surface area contributed by atoms with Crippen LogP contribution in [-0.4, -0.2) is 22.2 Å². The zero-order chi connectivity index (χ0) is 13.3. The van der Waals surface area contributed by atoms with Gasteiger partial charge >= 0.3 is 12.0 Å². The number of aromatic hydroxyl groups is 1. The van der Waals surface area contributed by atoms with E-state index in [-0.39, 0.29) is 17.0 Å². The van der Waals surface area contributed by atoms with Crippen LogP contribution in [0.1, 0.15) is 18.5 Å². The molecular formula is C12H12N2O4. The average molecular weight is 248 g/mol. The van der Waals surface area contributed by atoms with E-state index in [0.717, 1.165) is 0 Å². The summed E-state index contributed by atoms with van der Waals surface area (Å²) < 4.78 is 0. The topological polar surface area (TPSA) is 98.7 Å². The van der Waals surface area contributed by atoms with E-state index in [2.05, 4.69) is 10.6 Å². The minimum Gasteiger partial charge on any atom is -0.508 e. The number of amides is 2. The van der Waals surface area contributed by atoms with Crippen molar-refractivity contribution >= 4 is 12.0 Å². The fourth-order valence-corrected chi connectivity index (χ4v) is 1.94. The number of hydrogen-bond acceptors (Lipinski definition) is 3. The van der Waals surface area contributed by atoms with Gasteiger partial charge in [0.15, 0.2) is 0 Å². The van der Waals surface area contributed by atoms with E-state index in [4.69, 9.17) is 0 Å². The summed E-state index contributed by atoms with van der Waals surface area (Å²) >= 11 is 0. The van der Waals surface area contributed by atoms with E-state index in [9.17, 15) is 19.8 Å². The lowest BCUT2D eigenvalue weighted by molar-refractivity contribution is -0.133. The Morgan fingerprint density at radius 3 is 2.61 bits per heavy atom. The van der Waals surface area contributed by atoms with Gasteiger partial charge in [-0.05, 0) is 13.0 Å². The van der Waals surface area contributed by atoms with E-state index in [1.165, 1.54) is 13.0 Å². The number of phenolic OH excluding ortho intramolecular Hbond substituents is 1. The smallest absolute Gasteiger partial charge is 0.335 e. The summed E-state index contributed by atoms with van der Waals surface area (Å²) in [7, 11) is 0. The molecule has 0 aliphatic carbocycles. The molecule has 1 heterocycles. The molecule has 2 amide bonds. The second-order valence-corrected chi connectivity index (χ2v) is 3.93. The summed E-state index contributed by atoms with van der Waals surface area (Å²) in [5, 5.41) is 23.8. The number of carbonyl (C=O) groups excluding carboxylic acids is 1. The van der Waals surface area contributed by atoms with E-state index in [1.807, 2.05) is 0 Å². The zero-order valence-electron chi connectivity index (χ0n) is 9.60. The van der Waals surface area contributed by atoms with Gasteiger partial charge in [0.05, 0.1) is 11.6 Å². The Morgan fingerprint density at radius 1 is 1.33 bits per heavy atom. The van der Waals surface area contributed by atoms with E-state index in [0.29, 0.717) is 5.56 Å². The van der Waals surface area contributed by atoms with E-state index < -0.39 is 18.0 Å². The molecule has 0 aromatic heterocycles. The number of nitrogens with one attached hydrogen (secondary N) is 2. The highest BCUT2D eigenvalue weighted by molar-refractivity contribution is 5.93. The Morgan fingerprint density at radius 2 is 2.00 bits per heavy atom. The number of phenols is 1. The Bertz CT molecular complexity index is 551. The molecule has 0 saturated carbocycles. The lowest BCUT2D eigenvalue weighted by Crippen LogP contribution is -2.45. The van der Waals surface area contributed by atoms with Gasteiger partial charge in [-0.15, -0.1) is 0 Å². The first-order valence-electron chi connectivity index (χ1n) is 5.30. The molecule has 6 nitrogen and oxygen atoms in total. The Labute approximate surface area is 103 Å². The third-order valence-corrected chi connectivity index (χ3v) is 2.75. The quantitative estimate of drug-likeness (QED) is 0.630.